The van der Waals surface area contributed by atoms with Gasteiger partial charge in [-0.2, -0.15) is 0 Å². The lowest BCUT2D eigenvalue weighted by Crippen LogP contribution is -2.54. The van der Waals surface area contributed by atoms with E-state index in [1.165, 1.54) is 0 Å². The minimum absolute atomic E-state index is 0.0917. The maximum atomic E-state index is 12.9. The standard InChI is InChI=1S/C21H24BrN5O2/c22-17-3-1-15(2-4-17)13-20(28)26-9-11-27(12-10-26)21(29)19-14-18(24-25-19)16-5-7-23-8-6-16/h1-8,18-19,24-25H,9-14H2. The molecule has 4 rings (SSSR count). The van der Waals surface area contributed by atoms with Crippen molar-refractivity contribution in [3.05, 3.63) is 64.4 Å². The van der Waals surface area contributed by atoms with Crippen LogP contribution in [0.5, 0.6) is 0 Å². The Bertz CT molecular complexity index is 853. The van der Waals surface area contributed by atoms with Crippen molar-refractivity contribution in [3.8, 4) is 0 Å². The fraction of sp³-hybridized carbons (Fsp3) is 0.381. The zero-order valence-electron chi connectivity index (χ0n) is 16.1. The third-order valence-corrected chi connectivity index (χ3v) is 6.05. The monoisotopic (exact) mass is 457 g/mol. The van der Waals surface area contributed by atoms with Crippen molar-refractivity contribution in [2.75, 3.05) is 26.2 Å². The first-order chi connectivity index (χ1) is 14.1. The molecule has 2 saturated heterocycles. The molecule has 2 unspecified atom stereocenters. The number of halogens is 1. The minimum atomic E-state index is -0.252. The topological polar surface area (TPSA) is 77.6 Å². The van der Waals surface area contributed by atoms with Crippen LogP contribution in [-0.2, 0) is 16.0 Å². The molecule has 152 valence electrons. The SMILES string of the molecule is O=C(Cc1ccc(Br)cc1)N1CCN(C(=O)C2CC(c3ccncc3)NN2)CC1. The Labute approximate surface area is 178 Å². The van der Waals surface area contributed by atoms with E-state index in [0.29, 0.717) is 39.0 Å². The second-order valence-corrected chi connectivity index (χ2v) is 8.34. The van der Waals surface area contributed by atoms with Gasteiger partial charge in [0.2, 0.25) is 11.8 Å². The molecule has 1 aromatic heterocycles. The molecule has 0 saturated carbocycles. The number of carbonyl (C=O) groups excluding carboxylic acids is 2. The van der Waals surface area contributed by atoms with Crippen LogP contribution < -0.4 is 10.9 Å². The van der Waals surface area contributed by atoms with Crippen molar-refractivity contribution in [3.63, 3.8) is 0 Å². The van der Waals surface area contributed by atoms with Crippen LogP contribution in [0.25, 0.3) is 0 Å². The smallest absolute Gasteiger partial charge is 0.241 e. The molecule has 29 heavy (non-hydrogen) atoms. The van der Waals surface area contributed by atoms with Crippen LogP contribution in [0.4, 0.5) is 0 Å². The number of benzene rings is 1. The number of amides is 2. The molecule has 2 aromatic rings. The number of rotatable bonds is 4. The van der Waals surface area contributed by atoms with Crippen LogP contribution in [0.2, 0.25) is 0 Å². The van der Waals surface area contributed by atoms with Crippen molar-refractivity contribution >= 4 is 27.7 Å². The third-order valence-electron chi connectivity index (χ3n) is 5.52. The first kappa shape index (κ1) is 20.0. The van der Waals surface area contributed by atoms with Gasteiger partial charge in [-0.25, -0.2) is 10.9 Å². The van der Waals surface area contributed by atoms with Crippen LogP contribution >= 0.6 is 15.9 Å². The fourth-order valence-electron chi connectivity index (χ4n) is 3.82. The predicted octanol–water partition coefficient (Wildman–Crippen LogP) is 1.67. The second-order valence-electron chi connectivity index (χ2n) is 7.42. The van der Waals surface area contributed by atoms with E-state index < -0.39 is 0 Å². The van der Waals surface area contributed by atoms with E-state index in [-0.39, 0.29) is 23.9 Å². The maximum absolute atomic E-state index is 12.9. The quantitative estimate of drug-likeness (QED) is 0.729. The maximum Gasteiger partial charge on any atom is 0.241 e. The molecule has 2 fully saturated rings. The summed E-state index contributed by atoms with van der Waals surface area (Å²) in [6.45, 7) is 2.30. The van der Waals surface area contributed by atoms with Gasteiger partial charge in [-0.05, 0) is 41.8 Å². The van der Waals surface area contributed by atoms with Crippen LogP contribution in [0.1, 0.15) is 23.6 Å². The number of aromatic nitrogens is 1. The highest BCUT2D eigenvalue weighted by Gasteiger charge is 2.34. The molecule has 3 heterocycles. The van der Waals surface area contributed by atoms with Gasteiger partial charge in [0.05, 0.1) is 6.42 Å². The normalized spacial score (nSPS) is 22.0. The molecule has 2 N–H and O–H groups in total. The number of piperazine rings is 1. The lowest BCUT2D eigenvalue weighted by atomic mass is 10.0. The Morgan fingerprint density at radius 3 is 2.31 bits per heavy atom. The van der Waals surface area contributed by atoms with Gasteiger partial charge in [-0.15, -0.1) is 0 Å². The fourth-order valence-corrected chi connectivity index (χ4v) is 4.08. The molecule has 2 amide bonds. The summed E-state index contributed by atoms with van der Waals surface area (Å²) in [6.07, 6.45) is 4.61. The number of hydrogen-bond donors (Lipinski definition) is 2. The first-order valence-electron chi connectivity index (χ1n) is 9.82. The summed E-state index contributed by atoms with van der Waals surface area (Å²) in [5.74, 6) is 0.201. The summed E-state index contributed by atoms with van der Waals surface area (Å²) in [6, 6.07) is 11.6. The van der Waals surface area contributed by atoms with Crippen molar-refractivity contribution in [2.24, 2.45) is 0 Å². The zero-order chi connectivity index (χ0) is 20.2. The van der Waals surface area contributed by atoms with Gasteiger partial charge in [0, 0.05) is 49.1 Å². The van der Waals surface area contributed by atoms with Crippen LogP contribution in [-0.4, -0.2) is 58.8 Å². The van der Waals surface area contributed by atoms with E-state index in [9.17, 15) is 9.59 Å². The Balaban J connectivity index is 1.26. The molecule has 8 heteroatoms. The highest BCUT2D eigenvalue weighted by Crippen LogP contribution is 2.23. The molecule has 0 spiro atoms. The highest BCUT2D eigenvalue weighted by molar-refractivity contribution is 9.10. The highest BCUT2D eigenvalue weighted by atomic mass is 79.9. The van der Waals surface area contributed by atoms with E-state index in [4.69, 9.17) is 0 Å². The summed E-state index contributed by atoms with van der Waals surface area (Å²) in [5, 5.41) is 0. The molecule has 0 radical (unpaired) electrons. The van der Waals surface area contributed by atoms with E-state index in [1.807, 2.05) is 46.2 Å². The van der Waals surface area contributed by atoms with Gasteiger partial charge in [-0.1, -0.05) is 28.1 Å². The summed E-state index contributed by atoms with van der Waals surface area (Å²) >= 11 is 3.41. The van der Waals surface area contributed by atoms with Gasteiger partial charge < -0.3 is 9.80 Å². The molecule has 7 nitrogen and oxygen atoms in total. The molecule has 2 aliphatic rings. The van der Waals surface area contributed by atoms with E-state index in [2.05, 4.69) is 31.8 Å². The molecule has 2 aliphatic heterocycles. The lowest BCUT2D eigenvalue weighted by Gasteiger charge is -2.36. The van der Waals surface area contributed by atoms with Gasteiger partial charge in [0.25, 0.3) is 0 Å². The molecule has 0 aliphatic carbocycles. The molecular formula is C21H24BrN5O2. The van der Waals surface area contributed by atoms with Gasteiger partial charge in [0.1, 0.15) is 6.04 Å². The first-order valence-corrected chi connectivity index (χ1v) is 10.6. The largest absolute Gasteiger partial charge is 0.339 e. The van der Waals surface area contributed by atoms with Crippen LogP contribution in [0.3, 0.4) is 0 Å². The predicted molar refractivity (Wildman–Crippen MR) is 113 cm³/mol. The Morgan fingerprint density at radius 1 is 0.966 bits per heavy atom. The minimum Gasteiger partial charge on any atom is -0.339 e. The number of hydrogen-bond acceptors (Lipinski definition) is 5. The number of carbonyl (C=O) groups is 2. The Morgan fingerprint density at radius 2 is 1.62 bits per heavy atom. The molecule has 2 atom stereocenters. The summed E-state index contributed by atoms with van der Waals surface area (Å²) < 4.78 is 1.00. The zero-order valence-corrected chi connectivity index (χ0v) is 17.6. The van der Waals surface area contributed by atoms with E-state index in [0.717, 1.165) is 15.6 Å². The Kier molecular flexibility index (Phi) is 6.22. The summed E-state index contributed by atoms with van der Waals surface area (Å²) in [7, 11) is 0. The van der Waals surface area contributed by atoms with E-state index in [1.54, 1.807) is 12.4 Å². The van der Waals surface area contributed by atoms with Gasteiger partial charge >= 0.3 is 0 Å². The van der Waals surface area contributed by atoms with Gasteiger partial charge in [0.15, 0.2) is 0 Å². The van der Waals surface area contributed by atoms with Crippen molar-refractivity contribution < 1.29 is 9.59 Å². The average molecular weight is 458 g/mol. The second kappa shape index (κ2) is 9.02. The van der Waals surface area contributed by atoms with E-state index >= 15 is 0 Å². The van der Waals surface area contributed by atoms with Crippen molar-refractivity contribution in [1.82, 2.24) is 25.6 Å². The van der Waals surface area contributed by atoms with Crippen molar-refractivity contribution in [1.29, 1.82) is 0 Å². The number of nitrogens with one attached hydrogen (secondary N) is 2. The number of nitrogens with zero attached hydrogens (tertiary/aromatic N) is 3. The molecule has 1 aromatic carbocycles. The molecular weight excluding hydrogens is 434 g/mol. The van der Waals surface area contributed by atoms with Crippen molar-refractivity contribution in [2.45, 2.75) is 24.9 Å². The number of pyridine rings is 1. The average Bonchev–Trinajstić information content (AvgIpc) is 3.26. The summed E-state index contributed by atoms with van der Waals surface area (Å²) in [4.78, 5) is 33.2. The molecule has 0 bridgehead atoms. The Hall–Kier alpha value is -2.29. The lowest BCUT2D eigenvalue weighted by molar-refractivity contribution is -0.140. The third kappa shape index (κ3) is 4.83. The van der Waals surface area contributed by atoms with Crippen LogP contribution in [0, 0.1) is 0 Å². The van der Waals surface area contributed by atoms with Crippen LogP contribution in [0.15, 0.2) is 53.3 Å². The number of hydrazine groups is 1. The van der Waals surface area contributed by atoms with Gasteiger partial charge in [-0.3, -0.25) is 14.6 Å². The summed E-state index contributed by atoms with van der Waals surface area (Å²) in [5.41, 5.74) is 8.45.